The van der Waals surface area contributed by atoms with Crippen molar-refractivity contribution >= 4 is 0 Å². The third-order valence-corrected chi connectivity index (χ3v) is 3.41. The summed E-state index contributed by atoms with van der Waals surface area (Å²) in [5.41, 5.74) is 4.63. The fourth-order valence-electron chi connectivity index (χ4n) is 2.36. The lowest BCUT2D eigenvalue weighted by Gasteiger charge is -2.10. The van der Waals surface area contributed by atoms with Crippen molar-refractivity contribution < 1.29 is 0 Å². The van der Waals surface area contributed by atoms with Crippen molar-refractivity contribution in [3.8, 4) is 17.9 Å². The molecule has 0 heterocycles. The molecule has 0 radical (unpaired) electrons. The highest BCUT2D eigenvalue weighted by Crippen LogP contribution is 2.16. The van der Waals surface area contributed by atoms with Crippen LogP contribution in [0.25, 0.3) is 0 Å². The lowest BCUT2D eigenvalue weighted by molar-refractivity contribution is 0.818. The van der Waals surface area contributed by atoms with E-state index in [0.717, 1.165) is 37.0 Å². The van der Waals surface area contributed by atoms with Gasteiger partial charge in [0.25, 0.3) is 0 Å². The first-order valence-electron chi connectivity index (χ1n) is 8.56. The van der Waals surface area contributed by atoms with Crippen LogP contribution in [0.2, 0.25) is 0 Å². The van der Waals surface area contributed by atoms with Crippen molar-refractivity contribution in [2.45, 2.75) is 52.9 Å². The van der Waals surface area contributed by atoms with E-state index in [1.54, 1.807) is 0 Å². The SMILES string of the molecule is CC1=CC(CNCC#CC2=CC(C#N)=CCC2)=CCC1.CCC. The van der Waals surface area contributed by atoms with Gasteiger partial charge in [-0.15, -0.1) is 0 Å². The molecule has 0 saturated heterocycles. The van der Waals surface area contributed by atoms with Gasteiger partial charge in [0.1, 0.15) is 0 Å². The van der Waals surface area contributed by atoms with Crippen molar-refractivity contribution in [1.82, 2.24) is 5.32 Å². The fourth-order valence-corrected chi connectivity index (χ4v) is 2.36. The summed E-state index contributed by atoms with van der Waals surface area (Å²) < 4.78 is 0. The van der Waals surface area contributed by atoms with Crippen LogP contribution in [-0.2, 0) is 0 Å². The molecule has 2 aliphatic carbocycles. The summed E-state index contributed by atoms with van der Waals surface area (Å²) in [4.78, 5) is 0. The van der Waals surface area contributed by atoms with Gasteiger partial charge in [-0.25, -0.2) is 0 Å². The predicted octanol–water partition coefficient (Wildman–Crippen LogP) is 4.83. The molecule has 0 aromatic rings. The summed E-state index contributed by atoms with van der Waals surface area (Å²) in [6, 6.07) is 2.17. The minimum atomic E-state index is 0.688. The monoisotopic (exact) mass is 308 g/mol. The second kappa shape index (κ2) is 11.5. The molecule has 0 atom stereocenters. The van der Waals surface area contributed by atoms with Gasteiger partial charge >= 0.3 is 0 Å². The first-order valence-corrected chi connectivity index (χ1v) is 8.56. The van der Waals surface area contributed by atoms with Crippen molar-refractivity contribution in [2.24, 2.45) is 0 Å². The molecule has 2 nitrogen and oxygen atoms in total. The van der Waals surface area contributed by atoms with Crippen LogP contribution < -0.4 is 5.32 Å². The Kier molecular flexibility index (Phi) is 9.53. The Morgan fingerprint density at radius 1 is 1.13 bits per heavy atom. The standard InChI is InChI=1S/C18H20N2.C3H8/c1-15-5-2-8-18(11-15)14-20-10-4-9-16-6-3-7-17(12-16)13-19;1-3-2/h7-8,11-12,20H,2-3,5-6,10,14H2,1H3;3H2,1-2H3. The highest BCUT2D eigenvalue weighted by atomic mass is 14.8. The Morgan fingerprint density at radius 2 is 1.87 bits per heavy atom. The van der Waals surface area contributed by atoms with Gasteiger partial charge in [-0.3, -0.25) is 0 Å². The van der Waals surface area contributed by atoms with Gasteiger partial charge in [-0.1, -0.05) is 55.9 Å². The van der Waals surface area contributed by atoms with E-state index in [9.17, 15) is 0 Å². The number of nitrogens with zero attached hydrogens (tertiary/aromatic N) is 1. The van der Waals surface area contributed by atoms with Crippen LogP contribution in [0.4, 0.5) is 0 Å². The molecular formula is C21H28N2. The molecule has 0 saturated carbocycles. The first kappa shape index (κ1) is 19.0. The molecule has 0 aliphatic heterocycles. The summed E-state index contributed by atoms with van der Waals surface area (Å²) >= 11 is 0. The zero-order chi connectivity index (χ0) is 16.9. The molecular weight excluding hydrogens is 280 g/mol. The Balaban J connectivity index is 0.000000816. The second-order valence-corrected chi connectivity index (χ2v) is 5.90. The van der Waals surface area contributed by atoms with Crippen LogP contribution in [-0.4, -0.2) is 13.1 Å². The average Bonchev–Trinajstić information content (AvgIpc) is 2.55. The molecule has 2 aliphatic rings. The van der Waals surface area contributed by atoms with E-state index in [-0.39, 0.29) is 0 Å². The van der Waals surface area contributed by atoms with Crippen molar-refractivity contribution in [1.29, 1.82) is 5.26 Å². The molecule has 23 heavy (non-hydrogen) atoms. The van der Waals surface area contributed by atoms with E-state index in [4.69, 9.17) is 5.26 Å². The van der Waals surface area contributed by atoms with Crippen molar-refractivity contribution in [3.63, 3.8) is 0 Å². The summed E-state index contributed by atoms with van der Waals surface area (Å²) in [5, 5.41) is 12.2. The maximum atomic E-state index is 8.85. The van der Waals surface area contributed by atoms with E-state index in [2.05, 4.69) is 56.2 Å². The maximum Gasteiger partial charge on any atom is 0.0988 e. The smallest absolute Gasteiger partial charge is 0.0988 e. The largest absolute Gasteiger partial charge is 0.302 e. The van der Waals surface area contributed by atoms with E-state index < -0.39 is 0 Å². The first-order chi connectivity index (χ1) is 11.2. The lowest BCUT2D eigenvalue weighted by Crippen LogP contribution is -2.17. The summed E-state index contributed by atoms with van der Waals surface area (Å²) in [7, 11) is 0. The molecule has 2 rings (SSSR count). The van der Waals surface area contributed by atoms with Crippen LogP contribution >= 0.6 is 0 Å². The van der Waals surface area contributed by atoms with Crippen LogP contribution in [0.5, 0.6) is 0 Å². The number of hydrogen-bond donors (Lipinski definition) is 1. The second-order valence-electron chi connectivity index (χ2n) is 5.90. The fraction of sp³-hybridized carbons (Fsp3) is 0.476. The summed E-state index contributed by atoms with van der Waals surface area (Å²) in [6.45, 7) is 8.00. The number of rotatable bonds is 3. The lowest BCUT2D eigenvalue weighted by atomic mass is 10.0. The van der Waals surface area contributed by atoms with Crippen LogP contribution in [0.1, 0.15) is 52.9 Å². The van der Waals surface area contributed by atoms with E-state index in [1.807, 2.05) is 12.2 Å². The Labute approximate surface area is 141 Å². The minimum absolute atomic E-state index is 0.688. The van der Waals surface area contributed by atoms with Gasteiger partial charge in [-0.2, -0.15) is 5.26 Å². The van der Waals surface area contributed by atoms with Crippen LogP contribution in [0.3, 0.4) is 0 Å². The van der Waals surface area contributed by atoms with Gasteiger partial charge < -0.3 is 5.32 Å². The van der Waals surface area contributed by atoms with Crippen molar-refractivity contribution in [2.75, 3.05) is 13.1 Å². The van der Waals surface area contributed by atoms with E-state index in [1.165, 1.54) is 24.0 Å². The number of nitrogens with one attached hydrogen (secondary N) is 1. The molecule has 122 valence electrons. The zero-order valence-electron chi connectivity index (χ0n) is 14.7. The number of nitriles is 1. The quantitative estimate of drug-likeness (QED) is 0.598. The normalized spacial score (nSPS) is 16.3. The van der Waals surface area contributed by atoms with Crippen molar-refractivity contribution in [3.05, 3.63) is 46.6 Å². The van der Waals surface area contributed by atoms with Crippen LogP contribution in [0.15, 0.2) is 46.6 Å². The number of hydrogen-bond acceptors (Lipinski definition) is 2. The van der Waals surface area contributed by atoms with Gasteiger partial charge in [0.2, 0.25) is 0 Å². The van der Waals surface area contributed by atoms with Crippen LogP contribution in [0, 0.1) is 23.2 Å². The molecule has 0 amide bonds. The van der Waals surface area contributed by atoms with Gasteiger partial charge in [0.05, 0.1) is 12.6 Å². The molecule has 0 bridgehead atoms. The van der Waals surface area contributed by atoms with E-state index in [0.29, 0.717) is 6.54 Å². The predicted molar refractivity (Wildman–Crippen MR) is 98.7 cm³/mol. The molecule has 0 aromatic carbocycles. The molecule has 0 aromatic heterocycles. The van der Waals surface area contributed by atoms with E-state index >= 15 is 0 Å². The third-order valence-electron chi connectivity index (χ3n) is 3.41. The highest BCUT2D eigenvalue weighted by Gasteiger charge is 2.02. The zero-order valence-corrected chi connectivity index (χ0v) is 14.7. The summed E-state index contributed by atoms with van der Waals surface area (Å²) in [5.74, 6) is 6.29. The van der Waals surface area contributed by atoms with Gasteiger partial charge in [-0.05, 0) is 44.3 Å². The molecule has 2 heteroatoms. The molecule has 0 spiro atoms. The Morgan fingerprint density at radius 3 is 2.57 bits per heavy atom. The van der Waals surface area contributed by atoms with Gasteiger partial charge in [0, 0.05) is 17.7 Å². The average molecular weight is 308 g/mol. The third kappa shape index (κ3) is 8.24. The molecule has 1 N–H and O–H groups in total. The molecule has 0 unspecified atom stereocenters. The highest BCUT2D eigenvalue weighted by molar-refractivity contribution is 5.44. The summed E-state index contributed by atoms with van der Waals surface area (Å²) in [6.07, 6.45) is 13.9. The Bertz CT molecular complexity index is 598. The molecule has 0 fully saturated rings. The maximum absolute atomic E-state index is 8.85. The van der Waals surface area contributed by atoms with Gasteiger partial charge in [0.15, 0.2) is 0 Å². The minimum Gasteiger partial charge on any atom is -0.302 e. The topological polar surface area (TPSA) is 35.8 Å². The Hall–Kier alpha value is -2.03. The number of allylic oxidation sites excluding steroid dienone is 6.